The first kappa shape index (κ1) is 25.1. The van der Waals surface area contributed by atoms with Gasteiger partial charge in [0.15, 0.2) is 5.82 Å². The minimum absolute atomic E-state index is 0.0782. The van der Waals surface area contributed by atoms with E-state index in [1.54, 1.807) is 31.2 Å². The Hall–Kier alpha value is -3.52. The number of hydrogen-bond acceptors (Lipinski definition) is 9. The number of aliphatic hydroxyl groups is 1. The molecule has 14 heteroatoms. The molecule has 0 amide bonds. The SMILES string of the molecule is CCS(=O)(=O)Nc1nccnc1CNc1nc(Nc2ccc(C(C)O)cc2)ncc1C(F)(F)F. The second-order valence-electron chi connectivity index (χ2n) is 7.09. The molecule has 0 fully saturated rings. The van der Waals surface area contributed by atoms with Crippen LogP contribution in [0.4, 0.5) is 36.4 Å². The molecule has 1 unspecified atom stereocenters. The molecule has 0 saturated heterocycles. The zero-order valence-corrected chi connectivity index (χ0v) is 18.9. The molecule has 1 aromatic carbocycles. The van der Waals surface area contributed by atoms with Gasteiger partial charge in [-0.25, -0.2) is 18.4 Å². The number of halogens is 3. The number of aliphatic hydroxyl groups excluding tert-OH is 1. The van der Waals surface area contributed by atoms with E-state index in [0.717, 1.165) is 0 Å². The Labute approximate surface area is 193 Å². The topological polar surface area (TPSA) is 142 Å². The Bertz CT molecular complexity index is 1240. The molecule has 0 aliphatic heterocycles. The molecular weight excluding hydrogens is 475 g/mol. The quantitative estimate of drug-likeness (QED) is 0.350. The van der Waals surface area contributed by atoms with E-state index in [4.69, 9.17) is 0 Å². The summed E-state index contributed by atoms with van der Waals surface area (Å²) in [4.78, 5) is 15.6. The molecule has 0 spiro atoms. The molecule has 0 radical (unpaired) electrons. The van der Waals surface area contributed by atoms with Crippen molar-refractivity contribution in [2.75, 3.05) is 21.1 Å². The number of hydrogen-bond donors (Lipinski definition) is 4. The lowest BCUT2D eigenvalue weighted by atomic mass is 10.1. The van der Waals surface area contributed by atoms with Crippen molar-refractivity contribution in [3.63, 3.8) is 0 Å². The lowest BCUT2D eigenvalue weighted by molar-refractivity contribution is -0.137. The summed E-state index contributed by atoms with van der Waals surface area (Å²) in [6.45, 7) is 2.74. The molecule has 0 aliphatic rings. The predicted octanol–water partition coefficient (Wildman–Crippen LogP) is 3.46. The smallest absolute Gasteiger partial charge is 0.389 e. The lowest BCUT2D eigenvalue weighted by Gasteiger charge is -2.16. The van der Waals surface area contributed by atoms with Crippen molar-refractivity contribution in [2.45, 2.75) is 32.7 Å². The molecule has 34 heavy (non-hydrogen) atoms. The van der Waals surface area contributed by atoms with Crippen molar-refractivity contribution in [3.8, 4) is 0 Å². The maximum absolute atomic E-state index is 13.5. The van der Waals surface area contributed by atoms with Crippen molar-refractivity contribution in [2.24, 2.45) is 0 Å². The molecule has 2 heterocycles. The van der Waals surface area contributed by atoms with Crippen LogP contribution in [0.3, 0.4) is 0 Å². The number of benzene rings is 1. The molecule has 3 aromatic rings. The summed E-state index contributed by atoms with van der Waals surface area (Å²) in [6.07, 6.45) is -2.23. The predicted molar refractivity (Wildman–Crippen MR) is 120 cm³/mol. The van der Waals surface area contributed by atoms with Crippen LogP contribution in [0.25, 0.3) is 0 Å². The average Bonchev–Trinajstić information content (AvgIpc) is 2.78. The van der Waals surface area contributed by atoms with Gasteiger partial charge in [-0.2, -0.15) is 18.2 Å². The van der Waals surface area contributed by atoms with Crippen LogP contribution >= 0.6 is 0 Å². The first-order chi connectivity index (χ1) is 16.0. The Morgan fingerprint density at radius 1 is 1.06 bits per heavy atom. The van der Waals surface area contributed by atoms with Gasteiger partial charge in [0.2, 0.25) is 16.0 Å². The highest BCUT2D eigenvalue weighted by Gasteiger charge is 2.35. The minimum atomic E-state index is -4.74. The average molecular weight is 498 g/mol. The zero-order chi connectivity index (χ0) is 24.9. The largest absolute Gasteiger partial charge is 0.421 e. The summed E-state index contributed by atoms with van der Waals surface area (Å²) in [5.41, 5.74) is 0.136. The summed E-state index contributed by atoms with van der Waals surface area (Å²) < 4.78 is 66.5. The standard InChI is InChI=1S/C20H22F3N7O3S/c1-3-34(32,33)30-18-16(24-8-9-25-18)11-26-17-15(20(21,22)23)10-27-19(29-17)28-14-6-4-13(5-7-14)12(2)31/h4-10,12,31H,3,11H2,1-2H3,(H,25,30)(H2,26,27,28,29). The van der Waals surface area contributed by atoms with Gasteiger partial charge < -0.3 is 15.7 Å². The highest BCUT2D eigenvalue weighted by Crippen LogP contribution is 2.34. The molecule has 2 aromatic heterocycles. The third-order valence-electron chi connectivity index (χ3n) is 4.57. The number of alkyl halides is 3. The lowest BCUT2D eigenvalue weighted by Crippen LogP contribution is -2.19. The molecule has 3 rings (SSSR count). The molecule has 182 valence electrons. The maximum Gasteiger partial charge on any atom is 0.421 e. The van der Waals surface area contributed by atoms with Crippen molar-refractivity contribution in [1.82, 2.24) is 19.9 Å². The third kappa shape index (κ3) is 6.51. The van der Waals surface area contributed by atoms with E-state index < -0.39 is 33.7 Å². The number of anilines is 4. The molecule has 10 nitrogen and oxygen atoms in total. The van der Waals surface area contributed by atoms with Crippen molar-refractivity contribution < 1.29 is 26.7 Å². The van der Waals surface area contributed by atoms with Crippen molar-refractivity contribution in [1.29, 1.82) is 0 Å². The first-order valence-electron chi connectivity index (χ1n) is 10.0. The summed E-state index contributed by atoms with van der Waals surface area (Å²) in [7, 11) is -3.67. The van der Waals surface area contributed by atoms with Crippen molar-refractivity contribution >= 4 is 33.3 Å². The van der Waals surface area contributed by atoms with Gasteiger partial charge in [0.1, 0.15) is 17.1 Å². The van der Waals surface area contributed by atoms with E-state index in [1.165, 1.54) is 19.3 Å². The first-order valence-corrected chi connectivity index (χ1v) is 11.7. The molecule has 4 N–H and O–H groups in total. The second-order valence-corrected chi connectivity index (χ2v) is 9.10. The highest BCUT2D eigenvalue weighted by atomic mass is 32.2. The van der Waals surface area contributed by atoms with Gasteiger partial charge in [-0.15, -0.1) is 0 Å². The van der Waals surface area contributed by atoms with Gasteiger partial charge in [-0.3, -0.25) is 9.71 Å². The summed E-state index contributed by atoms with van der Waals surface area (Å²) in [6, 6.07) is 6.57. The minimum Gasteiger partial charge on any atom is -0.389 e. The van der Waals surface area contributed by atoms with E-state index in [2.05, 4.69) is 35.3 Å². The van der Waals surface area contributed by atoms with Crippen LogP contribution in [0, 0.1) is 0 Å². The Kier molecular flexibility index (Phi) is 7.51. The molecular formula is C20H22F3N7O3S. The number of nitrogens with one attached hydrogen (secondary N) is 3. The Morgan fingerprint density at radius 2 is 1.74 bits per heavy atom. The van der Waals surface area contributed by atoms with Crippen LogP contribution in [0.2, 0.25) is 0 Å². The van der Waals surface area contributed by atoms with Crippen molar-refractivity contribution in [3.05, 3.63) is 59.7 Å². The zero-order valence-electron chi connectivity index (χ0n) is 18.1. The monoisotopic (exact) mass is 497 g/mol. The number of aromatic nitrogens is 4. The van der Waals surface area contributed by atoms with E-state index in [9.17, 15) is 26.7 Å². The Morgan fingerprint density at radius 3 is 2.35 bits per heavy atom. The van der Waals surface area contributed by atoms with Gasteiger partial charge in [-0.05, 0) is 31.5 Å². The molecule has 0 aliphatic carbocycles. The van der Waals surface area contributed by atoms with Crippen LogP contribution in [-0.4, -0.2) is 39.2 Å². The maximum atomic E-state index is 13.5. The van der Waals surface area contributed by atoms with E-state index >= 15 is 0 Å². The van der Waals surface area contributed by atoms with E-state index in [-0.39, 0.29) is 29.8 Å². The van der Waals surface area contributed by atoms with Gasteiger partial charge >= 0.3 is 6.18 Å². The highest BCUT2D eigenvalue weighted by molar-refractivity contribution is 7.92. The van der Waals surface area contributed by atoms with Crippen LogP contribution in [-0.2, 0) is 22.7 Å². The van der Waals surface area contributed by atoms with Crippen LogP contribution in [0.1, 0.15) is 36.8 Å². The molecule has 1 atom stereocenters. The number of nitrogens with zero attached hydrogens (tertiary/aromatic N) is 4. The summed E-state index contributed by atoms with van der Waals surface area (Å²) >= 11 is 0. The molecule has 0 bridgehead atoms. The summed E-state index contributed by atoms with van der Waals surface area (Å²) in [5, 5.41) is 14.9. The van der Waals surface area contributed by atoms with Gasteiger partial charge in [0, 0.05) is 24.3 Å². The fourth-order valence-electron chi connectivity index (χ4n) is 2.73. The van der Waals surface area contributed by atoms with Crippen LogP contribution in [0.5, 0.6) is 0 Å². The van der Waals surface area contributed by atoms with Gasteiger partial charge in [-0.1, -0.05) is 12.1 Å². The van der Waals surface area contributed by atoms with E-state index in [0.29, 0.717) is 17.4 Å². The second kappa shape index (κ2) is 10.2. The normalized spacial score (nSPS) is 12.8. The van der Waals surface area contributed by atoms with Crippen LogP contribution < -0.4 is 15.4 Å². The third-order valence-corrected chi connectivity index (χ3v) is 5.84. The fraction of sp³-hybridized carbons (Fsp3) is 0.300. The number of rotatable bonds is 9. The van der Waals surface area contributed by atoms with E-state index in [1.807, 2.05) is 0 Å². The number of sulfonamides is 1. The van der Waals surface area contributed by atoms with Crippen LogP contribution in [0.15, 0.2) is 42.9 Å². The molecule has 0 saturated carbocycles. The van der Waals surface area contributed by atoms with Gasteiger partial charge in [0.05, 0.1) is 18.4 Å². The fourth-order valence-corrected chi connectivity index (χ4v) is 3.34. The Balaban J connectivity index is 1.86. The summed E-state index contributed by atoms with van der Waals surface area (Å²) in [5.74, 6) is -0.948. The van der Waals surface area contributed by atoms with Gasteiger partial charge in [0.25, 0.3) is 0 Å².